The third-order valence-corrected chi connectivity index (χ3v) is 4.89. The van der Waals surface area contributed by atoms with E-state index in [9.17, 15) is 0 Å². The number of nitrogens with zero attached hydrogens (tertiary/aromatic N) is 3. The summed E-state index contributed by atoms with van der Waals surface area (Å²) >= 11 is 3.48. The molecule has 0 fully saturated rings. The average molecular weight is 434 g/mol. The quantitative estimate of drug-likeness (QED) is 0.374. The Morgan fingerprint density at radius 1 is 0.714 bits per heavy atom. The summed E-state index contributed by atoms with van der Waals surface area (Å²) < 4.78 is 6.93. The maximum Gasteiger partial charge on any atom is 0.247 e. The second-order valence-corrected chi connectivity index (χ2v) is 7.54. The van der Waals surface area contributed by atoms with Crippen molar-refractivity contribution in [3.05, 3.63) is 106 Å². The molecule has 0 amide bonds. The normalized spacial score (nSPS) is 11.1. The van der Waals surface area contributed by atoms with Crippen molar-refractivity contribution >= 4 is 15.9 Å². The zero-order valence-electron chi connectivity index (χ0n) is 15.3. The molecule has 0 aliphatic rings. The van der Waals surface area contributed by atoms with Crippen molar-refractivity contribution in [2.75, 3.05) is 0 Å². The van der Waals surface area contributed by atoms with Gasteiger partial charge in [0.15, 0.2) is 0 Å². The molecule has 0 unspecified atom stereocenters. The van der Waals surface area contributed by atoms with E-state index in [-0.39, 0.29) is 0 Å². The molecule has 5 heteroatoms. The second kappa shape index (κ2) is 8.95. The van der Waals surface area contributed by atoms with Crippen LogP contribution in [0.15, 0.2) is 93.8 Å². The Kier molecular flexibility index (Phi) is 5.95. The highest BCUT2D eigenvalue weighted by Crippen LogP contribution is 2.22. The van der Waals surface area contributed by atoms with Crippen LogP contribution in [0.3, 0.4) is 0 Å². The third-order valence-electron chi connectivity index (χ3n) is 4.40. The lowest BCUT2D eigenvalue weighted by Gasteiger charge is -2.20. The highest BCUT2D eigenvalue weighted by molar-refractivity contribution is 9.10. The van der Waals surface area contributed by atoms with Gasteiger partial charge in [0.2, 0.25) is 11.8 Å². The molecule has 0 atom stereocenters. The van der Waals surface area contributed by atoms with Gasteiger partial charge in [0, 0.05) is 23.1 Å². The van der Waals surface area contributed by atoms with Crippen molar-refractivity contribution in [1.29, 1.82) is 0 Å². The minimum Gasteiger partial charge on any atom is -0.419 e. The van der Waals surface area contributed by atoms with Crippen LogP contribution in [0, 0.1) is 0 Å². The monoisotopic (exact) mass is 433 g/mol. The van der Waals surface area contributed by atoms with Crippen molar-refractivity contribution in [3.8, 4) is 11.5 Å². The summed E-state index contributed by atoms with van der Waals surface area (Å²) in [4.78, 5) is 2.31. The van der Waals surface area contributed by atoms with Crippen LogP contribution in [0.25, 0.3) is 11.5 Å². The molecule has 0 saturated heterocycles. The lowest BCUT2D eigenvalue weighted by Crippen LogP contribution is -2.22. The Bertz CT molecular complexity index is 977. The molecular formula is C23H20BrN3O. The summed E-state index contributed by atoms with van der Waals surface area (Å²) in [6, 6.07) is 28.7. The highest BCUT2D eigenvalue weighted by atomic mass is 79.9. The molecule has 28 heavy (non-hydrogen) atoms. The first-order chi connectivity index (χ1) is 13.8. The van der Waals surface area contributed by atoms with E-state index in [0.29, 0.717) is 18.3 Å². The largest absolute Gasteiger partial charge is 0.419 e. The maximum atomic E-state index is 5.95. The fraction of sp³-hybridized carbons (Fsp3) is 0.130. The molecule has 3 aromatic carbocycles. The van der Waals surface area contributed by atoms with Gasteiger partial charge in [-0.2, -0.15) is 0 Å². The zero-order chi connectivity index (χ0) is 19.2. The zero-order valence-corrected chi connectivity index (χ0v) is 16.9. The van der Waals surface area contributed by atoms with Gasteiger partial charge in [0.25, 0.3) is 0 Å². The molecule has 0 radical (unpaired) electrons. The van der Waals surface area contributed by atoms with Gasteiger partial charge in [-0.15, -0.1) is 10.2 Å². The van der Waals surface area contributed by atoms with Gasteiger partial charge in [-0.3, -0.25) is 4.90 Å². The standard InChI is InChI=1S/C23H20BrN3O/c24-21-13-7-12-20(14-21)23-26-25-22(28-23)17-27(15-18-8-3-1-4-9-18)16-19-10-5-2-6-11-19/h1-14H,15-17H2. The second-order valence-electron chi connectivity index (χ2n) is 6.63. The van der Waals surface area contributed by atoms with Crippen LogP contribution >= 0.6 is 15.9 Å². The predicted molar refractivity (Wildman–Crippen MR) is 113 cm³/mol. The fourth-order valence-electron chi connectivity index (χ4n) is 3.10. The molecule has 4 aromatic rings. The Hall–Kier alpha value is -2.76. The van der Waals surface area contributed by atoms with Crippen LogP contribution in [0.4, 0.5) is 0 Å². The fourth-order valence-corrected chi connectivity index (χ4v) is 3.50. The smallest absolute Gasteiger partial charge is 0.247 e. The average Bonchev–Trinajstić information content (AvgIpc) is 3.18. The van der Waals surface area contributed by atoms with E-state index >= 15 is 0 Å². The van der Waals surface area contributed by atoms with Crippen molar-refractivity contribution in [3.63, 3.8) is 0 Å². The Labute approximate surface area is 173 Å². The molecule has 0 bridgehead atoms. The molecule has 1 aromatic heterocycles. The molecule has 0 N–H and O–H groups in total. The Balaban J connectivity index is 1.53. The van der Waals surface area contributed by atoms with Gasteiger partial charge in [-0.05, 0) is 29.3 Å². The molecule has 0 spiro atoms. The van der Waals surface area contributed by atoms with Gasteiger partial charge >= 0.3 is 0 Å². The first-order valence-electron chi connectivity index (χ1n) is 9.15. The summed E-state index contributed by atoms with van der Waals surface area (Å²) in [6.45, 7) is 2.21. The molecule has 0 aliphatic carbocycles. The van der Waals surface area contributed by atoms with Gasteiger partial charge in [0.05, 0.1) is 6.54 Å². The van der Waals surface area contributed by atoms with Crippen molar-refractivity contribution in [2.24, 2.45) is 0 Å². The van der Waals surface area contributed by atoms with E-state index in [4.69, 9.17) is 4.42 Å². The maximum absolute atomic E-state index is 5.95. The Morgan fingerprint density at radius 2 is 1.36 bits per heavy atom. The van der Waals surface area contributed by atoms with Crippen LogP contribution in [0.2, 0.25) is 0 Å². The number of benzene rings is 3. The number of hydrogen-bond donors (Lipinski definition) is 0. The van der Waals surface area contributed by atoms with Gasteiger partial charge in [-0.1, -0.05) is 82.7 Å². The summed E-state index contributed by atoms with van der Waals surface area (Å²) in [6.07, 6.45) is 0. The van der Waals surface area contributed by atoms with Crippen LogP contribution < -0.4 is 0 Å². The minimum atomic E-state index is 0.538. The number of halogens is 1. The predicted octanol–water partition coefficient (Wildman–Crippen LogP) is 5.70. The first kappa shape index (κ1) is 18.6. The van der Waals surface area contributed by atoms with Gasteiger partial charge < -0.3 is 4.42 Å². The van der Waals surface area contributed by atoms with E-state index in [1.807, 2.05) is 36.4 Å². The summed E-state index contributed by atoms with van der Waals surface area (Å²) in [5.41, 5.74) is 3.42. The van der Waals surface area contributed by atoms with Crippen LogP contribution in [0.1, 0.15) is 17.0 Å². The number of aromatic nitrogens is 2. The van der Waals surface area contributed by atoms with Gasteiger partial charge in [0.1, 0.15) is 0 Å². The van der Waals surface area contributed by atoms with Crippen molar-refractivity contribution in [2.45, 2.75) is 19.6 Å². The molecule has 0 saturated carbocycles. The van der Waals surface area contributed by atoms with E-state index in [1.54, 1.807) is 0 Å². The summed E-state index contributed by atoms with van der Waals surface area (Å²) in [5, 5.41) is 8.50. The molecule has 4 nitrogen and oxygen atoms in total. The number of rotatable bonds is 7. The van der Waals surface area contributed by atoms with E-state index in [1.165, 1.54) is 11.1 Å². The molecular weight excluding hydrogens is 414 g/mol. The third kappa shape index (κ3) is 4.94. The van der Waals surface area contributed by atoms with E-state index in [0.717, 1.165) is 23.1 Å². The lowest BCUT2D eigenvalue weighted by molar-refractivity contribution is 0.223. The van der Waals surface area contributed by atoms with Crippen LogP contribution in [-0.4, -0.2) is 15.1 Å². The van der Waals surface area contributed by atoms with E-state index < -0.39 is 0 Å². The topological polar surface area (TPSA) is 42.2 Å². The van der Waals surface area contributed by atoms with Gasteiger partial charge in [-0.25, -0.2) is 0 Å². The van der Waals surface area contributed by atoms with Crippen LogP contribution in [-0.2, 0) is 19.6 Å². The molecule has 4 rings (SSSR count). The number of hydrogen-bond acceptors (Lipinski definition) is 4. The van der Waals surface area contributed by atoms with Crippen molar-refractivity contribution in [1.82, 2.24) is 15.1 Å². The first-order valence-corrected chi connectivity index (χ1v) is 9.94. The minimum absolute atomic E-state index is 0.538. The van der Waals surface area contributed by atoms with Crippen molar-refractivity contribution < 1.29 is 4.42 Å². The summed E-state index contributed by atoms with van der Waals surface area (Å²) in [7, 11) is 0. The molecule has 1 heterocycles. The Morgan fingerprint density at radius 3 is 1.96 bits per heavy atom. The highest BCUT2D eigenvalue weighted by Gasteiger charge is 2.14. The van der Waals surface area contributed by atoms with E-state index in [2.05, 4.69) is 79.6 Å². The molecule has 0 aliphatic heterocycles. The summed E-state index contributed by atoms with van der Waals surface area (Å²) in [5.74, 6) is 1.15. The molecule has 140 valence electrons. The SMILES string of the molecule is Brc1cccc(-c2nnc(CN(Cc3ccccc3)Cc3ccccc3)o2)c1. The van der Waals surface area contributed by atoms with Crippen LogP contribution in [0.5, 0.6) is 0 Å². The lowest BCUT2D eigenvalue weighted by atomic mass is 10.1.